The van der Waals surface area contributed by atoms with Gasteiger partial charge in [0.1, 0.15) is 5.54 Å². The average Bonchev–Trinajstić information content (AvgIpc) is 2.99. The van der Waals surface area contributed by atoms with E-state index < -0.39 is 5.54 Å². The first-order valence-electron chi connectivity index (χ1n) is 6.83. The van der Waals surface area contributed by atoms with Crippen LogP contribution in [-0.2, 0) is 11.3 Å². The van der Waals surface area contributed by atoms with Crippen LogP contribution < -0.4 is 5.32 Å². The van der Waals surface area contributed by atoms with E-state index >= 15 is 0 Å². The Kier molecular flexibility index (Phi) is 3.00. The molecule has 1 aliphatic heterocycles. The Morgan fingerprint density at radius 3 is 2.68 bits per heavy atom. The number of carbonyl (C=O) groups is 2. The molecule has 0 unspecified atom stereocenters. The minimum absolute atomic E-state index is 0.113. The summed E-state index contributed by atoms with van der Waals surface area (Å²) in [5, 5.41) is 6.60. The molecule has 102 valence electrons. The van der Waals surface area contributed by atoms with Crippen molar-refractivity contribution in [2.45, 2.75) is 44.2 Å². The van der Waals surface area contributed by atoms with Crippen molar-refractivity contribution in [1.29, 1.82) is 0 Å². The quantitative estimate of drug-likeness (QED) is 0.831. The van der Waals surface area contributed by atoms with Gasteiger partial charge in [0, 0.05) is 18.9 Å². The van der Waals surface area contributed by atoms with Crippen LogP contribution in [0.3, 0.4) is 0 Å². The second-order valence-corrected chi connectivity index (χ2v) is 5.27. The van der Waals surface area contributed by atoms with Crippen molar-refractivity contribution in [3.8, 4) is 0 Å². The minimum Gasteiger partial charge on any atom is -0.308 e. The maximum absolute atomic E-state index is 12.1. The molecule has 2 fully saturated rings. The van der Waals surface area contributed by atoms with Crippen molar-refractivity contribution in [1.82, 2.24) is 20.0 Å². The van der Waals surface area contributed by atoms with Crippen LogP contribution in [0.15, 0.2) is 18.5 Å². The first kappa shape index (κ1) is 12.2. The highest BCUT2D eigenvalue weighted by Crippen LogP contribution is 2.36. The second-order valence-electron chi connectivity index (χ2n) is 5.27. The molecular weight excluding hydrogens is 244 g/mol. The van der Waals surface area contributed by atoms with Gasteiger partial charge in [-0.25, -0.2) is 4.79 Å². The summed E-state index contributed by atoms with van der Waals surface area (Å²) >= 11 is 0. The van der Waals surface area contributed by atoms with E-state index in [1.54, 1.807) is 15.8 Å². The lowest BCUT2D eigenvalue weighted by Gasteiger charge is -2.38. The summed E-state index contributed by atoms with van der Waals surface area (Å²) < 4.78 is 1.78. The zero-order valence-electron chi connectivity index (χ0n) is 10.8. The number of aromatic nitrogens is 2. The number of urea groups is 1. The molecule has 3 rings (SSSR count). The van der Waals surface area contributed by atoms with Gasteiger partial charge in [0.05, 0.1) is 6.54 Å². The summed E-state index contributed by atoms with van der Waals surface area (Å²) in [6.07, 6.45) is 8.32. The van der Waals surface area contributed by atoms with E-state index in [4.69, 9.17) is 0 Å². The lowest BCUT2D eigenvalue weighted by molar-refractivity contribution is -0.128. The molecule has 2 aliphatic rings. The lowest BCUT2D eigenvalue weighted by Crippen LogP contribution is -2.51. The number of nitrogens with one attached hydrogen (secondary N) is 1. The minimum atomic E-state index is -0.595. The van der Waals surface area contributed by atoms with E-state index in [1.165, 1.54) is 0 Å². The number of carbonyl (C=O) groups excluding carboxylic acids is 2. The molecular formula is C13H18N4O2. The molecule has 0 atom stereocenters. The predicted octanol–water partition coefficient (Wildman–Crippen LogP) is 1.14. The lowest BCUT2D eigenvalue weighted by atomic mass is 9.80. The highest BCUT2D eigenvalue weighted by atomic mass is 16.2. The van der Waals surface area contributed by atoms with Crippen LogP contribution in [-0.4, -0.2) is 38.7 Å². The van der Waals surface area contributed by atoms with Crippen LogP contribution in [0.1, 0.15) is 32.1 Å². The Balaban J connectivity index is 1.76. The molecule has 6 heteroatoms. The van der Waals surface area contributed by atoms with Crippen LogP contribution in [0, 0.1) is 0 Å². The Morgan fingerprint density at radius 1 is 1.21 bits per heavy atom. The molecule has 1 saturated heterocycles. The third kappa shape index (κ3) is 2.01. The summed E-state index contributed by atoms with van der Waals surface area (Å²) in [5.74, 6) is -0.113. The van der Waals surface area contributed by atoms with Gasteiger partial charge in [0.15, 0.2) is 0 Å². The average molecular weight is 262 g/mol. The maximum Gasteiger partial charge on any atom is 0.325 e. The standard InChI is InChI=1S/C13H18N4O2/c18-11-13(5-2-1-3-6-13)17(12(19)15-11)10-9-16-8-4-7-14-16/h4,7-8H,1-3,5-6,9-10H2,(H,15,18,19). The van der Waals surface area contributed by atoms with E-state index in [1.807, 2.05) is 12.3 Å². The van der Waals surface area contributed by atoms with E-state index in [0.717, 1.165) is 32.1 Å². The molecule has 1 aliphatic carbocycles. The van der Waals surface area contributed by atoms with E-state index in [0.29, 0.717) is 13.1 Å². The highest BCUT2D eigenvalue weighted by molar-refractivity contribution is 6.07. The third-order valence-electron chi connectivity index (χ3n) is 4.20. The number of amides is 3. The van der Waals surface area contributed by atoms with Gasteiger partial charge in [-0.3, -0.25) is 14.8 Å². The summed E-state index contributed by atoms with van der Waals surface area (Å²) in [6.45, 7) is 1.15. The highest BCUT2D eigenvalue weighted by Gasteiger charge is 2.52. The van der Waals surface area contributed by atoms with Gasteiger partial charge in [0.25, 0.3) is 5.91 Å². The second kappa shape index (κ2) is 4.68. The predicted molar refractivity (Wildman–Crippen MR) is 68.3 cm³/mol. The van der Waals surface area contributed by atoms with E-state index in [9.17, 15) is 9.59 Å². The first-order valence-corrected chi connectivity index (χ1v) is 6.83. The van der Waals surface area contributed by atoms with Crippen LogP contribution >= 0.6 is 0 Å². The number of rotatable bonds is 3. The van der Waals surface area contributed by atoms with Crippen LogP contribution in [0.2, 0.25) is 0 Å². The van der Waals surface area contributed by atoms with Gasteiger partial charge < -0.3 is 4.90 Å². The monoisotopic (exact) mass is 262 g/mol. The molecule has 2 heterocycles. The van der Waals surface area contributed by atoms with E-state index in [2.05, 4.69) is 10.4 Å². The molecule has 1 aromatic heterocycles. The Morgan fingerprint density at radius 2 is 2.00 bits per heavy atom. The Hall–Kier alpha value is -1.85. The third-order valence-corrected chi connectivity index (χ3v) is 4.20. The first-order chi connectivity index (χ1) is 9.22. The maximum atomic E-state index is 12.1. The molecule has 3 amide bonds. The topological polar surface area (TPSA) is 67.2 Å². The van der Waals surface area contributed by atoms with E-state index in [-0.39, 0.29) is 11.9 Å². The zero-order valence-corrected chi connectivity index (χ0v) is 10.8. The molecule has 1 saturated carbocycles. The fourth-order valence-electron chi connectivity index (χ4n) is 3.18. The summed E-state index contributed by atoms with van der Waals surface area (Å²) in [4.78, 5) is 25.8. The van der Waals surface area contributed by atoms with Gasteiger partial charge in [-0.1, -0.05) is 19.3 Å². The molecule has 1 spiro atoms. The van der Waals surface area contributed by atoms with Crippen LogP contribution in [0.5, 0.6) is 0 Å². The number of hydrogen-bond acceptors (Lipinski definition) is 3. The van der Waals surface area contributed by atoms with Crippen molar-refractivity contribution in [2.75, 3.05) is 6.54 Å². The van der Waals surface area contributed by atoms with Crippen molar-refractivity contribution in [3.05, 3.63) is 18.5 Å². The fraction of sp³-hybridized carbons (Fsp3) is 0.615. The SMILES string of the molecule is O=C1NC(=O)C2(CCCCC2)N1CCn1cccn1. The Bertz CT molecular complexity index is 477. The van der Waals surface area contributed by atoms with Gasteiger partial charge in [-0.15, -0.1) is 0 Å². The molecule has 19 heavy (non-hydrogen) atoms. The van der Waals surface area contributed by atoms with Gasteiger partial charge in [0.2, 0.25) is 0 Å². The van der Waals surface area contributed by atoms with Crippen molar-refractivity contribution in [3.63, 3.8) is 0 Å². The summed E-state index contributed by atoms with van der Waals surface area (Å²) in [7, 11) is 0. The van der Waals surface area contributed by atoms with Gasteiger partial charge in [-0.05, 0) is 18.9 Å². The van der Waals surface area contributed by atoms with Crippen molar-refractivity contribution < 1.29 is 9.59 Å². The molecule has 1 aromatic rings. The zero-order chi connectivity index (χ0) is 13.3. The number of nitrogens with zero attached hydrogens (tertiary/aromatic N) is 3. The van der Waals surface area contributed by atoms with Crippen LogP contribution in [0.4, 0.5) is 4.79 Å². The summed E-state index contributed by atoms with van der Waals surface area (Å²) in [6, 6.07) is 1.60. The van der Waals surface area contributed by atoms with Gasteiger partial charge >= 0.3 is 6.03 Å². The molecule has 0 aromatic carbocycles. The Labute approximate surface area is 111 Å². The van der Waals surface area contributed by atoms with Crippen LogP contribution in [0.25, 0.3) is 0 Å². The molecule has 0 radical (unpaired) electrons. The van der Waals surface area contributed by atoms with Crippen molar-refractivity contribution in [2.24, 2.45) is 0 Å². The van der Waals surface area contributed by atoms with Crippen molar-refractivity contribution >= 4 is 11.9 Å². The fourth-order valence-corrected chi connectivity index (χ4v) is 3.18. The summed E-state index contributed by atoms with van der Waals surface area (Å²) in [5.41, 5.74) is -0.595. The molecule has 1 N–H and O–H groups in total. The largest absolute Gasteiger partial charge is 0.325 e. The smallest absolute Gasteiger partial charge is 0.308 e. The number of hydrogen-bond donors (Lipinski definition) is 1. The normalized spacial score (nSPS) is 22.0. The van der Waals surface area contributed by atoms with Gasteiger partial charge in [-0.2, -0.15) is 5.10 Å². The molecule has 0 bridgehead atoms. The molecule has 6 nitrogen and oxygen atoms in total. The number of imide groups is 1.